The fourth-order valence-electron chi connectivity index (χ4n) is 4.40. The van der Waals surface area contributed by atoms with E-state index in [2.05, 4.69) is 10.6 Å². The number of carbonyl (C=O) groups excluding carboxylic acids is 1. The van der Waals surface area contributed by atoms with Crippen molar-refractivity contribution in [2.24, 2.45) is 0 Å². The van der Waals surface area contributed by atoms with Crippen molar-refractivity contribution >= 4 is 40.4 Å². The standard InChI is InChI=1S/C20H27ClN4O4/c1-27-10-8-25(9-11-28-2)19-22-14-12-13(21)16-15(17(14)29-19)20(24-18(26)23-16)6-4-3-5-7-20/h12H,3-11H2,1-2H3,(H2,23,24,26). The third-order valence-electron chi connectivity index (χ3n) is 5.80. The second kappa shape index (κ2) is 8.38. The number of fused-ring (bicyclic) bond motifs is 4. The molecule has 4 rings (SSSR count). The third-order valence-corrected chi connectivity index (χ3v) is 6.10. The van der Waals surface area contributed by atoms with Gasteiger partial charge < -0.3 is 29.4 Å². The average molecular weight is 423 g/mol. The van der Waals surface area contributed by atoms with E-state index in [9.17, 15) is 4.79 Å². The molecule has 8 nitrogen and oxygen atoms in total. The molecule has 1 aliphatic carbocycles. The Balaban J connectivity index is 1.83. The zero-order valence-electron chi connectivity index (χ0n) is 16.8. The smallest absolute Gasteiger partial charge is 0.319 e. The summed E-state index contributed by atoms with van der Waals surface area (Å²) in [7, 11) is 3.33. The van der Waals surface area contributed by atoms with Crippen LogP contribution in [0.2, 0.25) is 5.02 Å². The summed E-state index contributed by atoms with van der Waals surface area (Å²) in [5.74, 6) is 0. The molecule has 2 amide bonds. The molecule has 1 fully saturated rings. The second-order valence-corrected chi connectivity index (χ2v) is 8.05. The third kappa shape index (κ3) is 3.76. The average Bonchev–Trinajstić information content (AvgIpc) is 3.12. The summed E-state index contributed by atoms with van der Waals surface area (Å²) in [6.07, 6.45) is 4.96. The molecule has 1 aromatic heterocycles. The first-order valence-corrected chi connectivity index (χ1v) is 10.4. The van der Waals surface area contributed by atoms with Gasteiger partial charge in [0.2, 0.25) is 0 Å². The number of hydrogen-bond donors (Lipinski definition) is 2. The number of oxazole rings is 1. The summed E-state index contributed by atoms with van der Waals surface area (Å²) in [5.41, 5.74) is 2.43. The van der Waals surface area contributed by atoms with Crippen molar-refractivity contribution in [3.05, 3.63) is 16.7 Å². The zero-order chi connectivity index (χ0) is 20.4. The van der Waals surface area contributed by atoms with Crippen LogP contribution in [-0.2, 0) is 15.0 Å². The van der Waals surface area contributed by atoms with Gasteiger partial charge in [-0.25, -0.2) is 4.79 Å². The maximum absolute atomic E-state index is 12.4. The van der Waals surface area contributed by atoms with E-state index in [0.717, 1.165) is 37.7 Å². The molecule has 0 bridgehead atoms. The van der Waals surface area contributed by atoms with Gasteiger partial charge >= 0.3 is 6.03 Å². The lowest BCUT2D eigenvalue weighted by atomic mass is 9.74. The molecule has 2 aliphatic rings. The predicted octanol–water partition coefficient (Wildman–Crippen LogP) is 3.87. The number of anilines is 2. The Morgan fingerprint density at radius 3 is 2.55 bits per heavy atom. The molecule has 1 saturated carbocycles. The summed E-state index contributed by atoms with van der Waals surface area (Å²) >= 11 is 6.57. The fourth-order valence-corrected chi connectivity index (χ4v) is 4.64. The van der Waals surface area contributed by atoms with Gasteiger partial charge in [-0.15, -0.1) is 0 Å². The first-order chi connectivity index (χ1) is 14.1. The number of aromatic nitrogens is 1. The Hall–Kier alpha value is -2.03. The SMILES string of the molecule is COCCN(CCOC)c1nc2cc(Cl)c3c(c2o1)C1(CCCCC1)NC(=O)N3. The van der Waals surface area contributed by atoms with E-state index in [-0.39, 0.29) is 6.03 Å². The number of halogens is 1. The lowest BCUT2D eigenvalue weighted by Gasteiger charge is -2.42. The molecule has 2 heterocycles. The van der Waals surface area contributed by atoms with E-state index in [1.54, 1.807) is 20.3 Å². The van der Waals surface area contributed by atoms with Gasteiger partial charge in [0.15, 0.2) is 5.58 Å². The summed E-state index contributed by atoms with van der Waals surface area (Å²) < 4.78 is 16.8. The molecule has 1 aromatic carbocycles. The van der Waals surface area contributed by atoms with Gasteiger partial charge in [0.05, 0.1) is 29.5 Å². The van der Waals surface area contributed by atoms with Crippen LogP contribution in [0, 0.1) is 0 Å². The number of benzene rings is 1. The lowest BCUT2D eigenvalue weighted by Crippen LogP contribution is -2.52. The number of nitrogens with one attached hydrogen (secondary N) is 2. The number of rotatable bonds is 7. The van der Waals surface area contributed by atoms with E-state index in [4.69, 9.17) is 30.5 Å². The van der Waals surface area contributed by atoms with Gasteiger partial charge in [0, 0.05) is 32.9 Å². The van der Waals surface area contributed by atoms with E-state index in [1.807, 2.05) is 4.90 Å². The highest BCUT2D eigenvalue weighted by molar-refractivity contribution is 6.35. The second-order valence-electron chi connectivity index (χ2n) is 7.65. The van der Waals surface area contributed by atoms with Gasteiger partial charge in [-0.05, 0) is 18.9 Å². The molecule has 9 heteroatoms. The highest BCUT2D eigenvalue weighted by atomic mass is 35.5. The maximum atomic E-state index is 12.4. The molecule has 1 spiro atoms. The van der Waals surface area contributed by atoms with Crippen LogP contribution in [0.5, 0.6) is 0 Å². The van der Waals surface area contributed by atoms with Crippen molar-refractivity contribution in [3.63, 3.8) is 0 Å². The minimum absolute atomic E-state index is 0.220. The van der Waals surface area contributed by atoms with Gasteiger partial charge in [-0.2, -0.15) is 4.98 Å². The molecular weight excluding hydrogens is 396 g/mol. The highest BCUT2D eigenvalue weighted by Gasteiger charge is 2.44. The molecule has 2 N–H and O–H groups in total. The van der Waals surface area contributed by atoms with E-state index >= 15 is 0 Å². The fraction of sp³-hybridized carbons (Fsp3) is 0.600. The Morgan fingerprint density at radius 2 is 1.90 bits per heavy atom. The molecule has 0 saturated heterocycles. The largest absolute Gasteiger partial charge is 0.423 e. The Labute approximate surface area is 174 Å². The molecule has 0 atom stereocenters. The van der Waals surface area contributed by atoms with Gasteiger partial charge in [-0.1, -0.05) is 30.9 Å². The van der Waals surface area contributed by atoms with Crippen LogP contribution in [0.15, 0.2) is 10.5 Å². The minimum Gasteiger partial charge on any atom is -0.423 e. The van der Waals surface area contributed by atoms with Crippen LogP contribution in [0.3, 0.4) is 0 Å². The minimum atomic E-state index is -0.472. The Morgan fingerprint density at radius 1 is 1.21 bits per heavy atom. The van der Waals surface area contributed by atoms with Crippen LogP contribution in [0.25, 0.3) is 11.1 Å². The lowest BCUT2D eigenvalue weighted by molar-refractivity contribution is 0.188. The molecule has 29 heavy (non-hydrogen) atoms. The van der Waals surface area contributed by atoms with Gasteiger partial charge in [-0.3, -0.25) is 0 Å². The van der Waals surface area contributed by atoms with Crippen molar-refractivity contribution < 1.29 is 18.7 Å². The molecular formula is C20H27ClN4O4. The number of hydrogen-bond acceptors (Lipinski definition) is 6. The van der Waals surface area contributed by atoms with Crippen molar-refractivity contribution in [1.82, 2.24) is 10.3 Å². The summed E-state index contributed by atoms with van der Waals surface area (Å²) in [6.45, 7) is 2.34. The number of methoxy groups -OCH3 is 2. The van der Waals surface area contributed by atoms with E-state index < -0.39 is 5.54 Å². The quantitative estimate of drug-likeness (QED) is 0.704. The topological polar surface area (TPSA) is 88.9 Å². The number of urea groups is 1. The molecule has 0 radical (unpaired) electrons. The number of carbonyl (C=O) groups is 1. The monoisotopic (exact) mass is 422 g/mol. The van der Waals surface area contributed by atoms with Crippen LogP contribution in [-0.4, -0.2) is 51.5 Å². The van der Waals surface area contributed by atoms with Crippen molar-refractivity contribution in [2.45, 2.75) is 37.6 Å². The Kier molecular flexibility index (Phi) is 5.85. The van der Waals surface area contributed by atoms with Crippen molar-refractivity contribution in [3.8, 4) is 0 Å². The van der Waals surface area contributed by atoms with Gasteiger partial charge in [0.1, 0.15) is 5.52 Å². The first-order valence-electron chi connectivity index (χ1n) is 10.0. The van der Waals surface area contributed by atoms with Gasteiger partial charge in [0.25, 0.3) is 6.01 Å². The van der Waals surface area contributed by atoms with Crippen LogP contribution in [0.1, 0.15) is 37.7 Å². The van der Waals surface area contributed by atoms with Crippen LogP contribution >= 0.6 is 11.6 Å². The first kappa shape index (κ1) is 20.3. The normalized spacial score (nSPS) is 17.8. The molecule has 0 unspecified atom stereocenters. The summed E-state index contributed by atoms with van der Waals surface area (Å²) in [5, 5.41) is 6.52. The summed E-state index contributed by atoms with van der Waals surface area (Å²) in [4.78, 5) is 19.1. The maximum Gasteiger partial charge on any atom is 0.319 e. The van der Waals surface area contributed by atoms with E-state index in [1.165, 1.54) is 0 Å². The molecule has 1 aliphatic heterocycles. The van der Waals surface area contributed by atoms with E-state index in [0.29, 0.717) is 54.1 Å². The number of nitrogens with zero attached hydrogens (tertiary/aromatic N) is 2. The van der Waals surface area contributed by atoms with Crippen LogP contribution in [0.4, 0.5) is 16.5 Å². The van der Waals surface area contributed by atoms with Crippen molar-refractivity contribution in [2.75, 3.05) is 50.7 Å². The number of ether oxygens (including phenoxy) is 2. The van der Waals surface area contributed by atoms with Crippen LogP contribution < -0.4 is 15.5 Å². The zero-order valence-corrected chi connectivity index (χ0v) is 17.6. The molecule has 2 aromatic rings. The van der Waals surface area contributed by atoms with Crippen molar-refractivity contribution in [1.29, 1.82) is 0 Å². The number of amides is 2. The predicted molar refractivity (Wildman–Crippen MR) is 112 cm³/mol. The molecule has 158 valence electrons. The highest BCUT2D eigenvalue weighted by Crippen LogP contribution is 2.48. The Bertz CT molecular complexity index is 886. The summed E-state index contributed by atoms with van der Waals surface area (Å²) in [6, 6.07) is 2.04.